The Kier molecular flexibility index (Phi) is 3.17. The molecule has 4 nitrogen and oxygen atoms in total. The van der Waals surface area contributed by atoms with Gasteiger partial charge in [-0.15, -0.1) is 0 Å². The van der Waals surface area contributed by atoms with E-state index < -0.39 is 17.2 Å². The van der Waals surface area contributed by atoms with Gasteiger partial charge in [0, 0.05) is 12.1 Å². The van der Waals surface area contributed by atoms with Crippen molar-refractivity contribution in [2.24, 2.45) is 0 Å². The maximum absolute atomic E-state index is 14.0. The number of hydrogen-bond donors (Lipinski definition) is 0. The first-order chi connectivity index (χ1) is 9.97. The fraction of sp³-hybridized carbons (Fsp3) is 0.0714. The van der Waals surface area contributed by atoms with Gasteiger partial charge in [0.15, 0.2) is 5.65 Å². The number of pyridine rings is 1. The molecule has 21 heavy (non-hydrogen) atoms. The lowest BCUT2D eigenvalue weighted by Gasteiger charge is -2.11. The number of nitrogens with zero attached hydrogens (tertiary/aromatic N) is 3. The number of hydrogen-bond acceptors (Lipinski definition) is 3. The lowest BCUT2D eigenvalue weighted by molar-refractivity contribution is 0.577. The van der Waals surface area contributed by atoms with Crippen molar-refractivity contribution in [3.63, 3.8) is 0 Å². The third-order valence-corrected chi connectivity index (χ3v) is 3.25. The molecule has 0 spiro atoms. The van der Waals surface area contributed by atoms with Crippen molar-refractivity contribution in [3.8, 4) is 5.69 Å². The van der Waals surface area contributed by atoms with Crippen molar-refractivity contribution in [2.45, 2.75) is 6.92 Å². The summed E-state index contributed by atoms with van der Waals surface area (Å²) in [6.07, 6.45) is 0. The second-order valence-electron chi connectivity index (χ2n) is 4.40. The Morgan fingerprint density at radius 2 is 1.90 bits per heavy atom. The van der Waals surface area contributed by atoms with Crippen LogP contribution in [0.25, 0.3) is 16.7 Å². The molecule has 3 aromatic rings. The van der Waals surface area contributed by atoms with Crippen molar-refractivity contribution < 1.29 is 8.78 Å². The Balaban J connectivity index is 2.46. The van der Waals surface area contributed by atoms with E-state index in [9.17, 15) is 13.6 Å². The van der Waals surface area contributed by atoms with Crippen LogP contribution in [0, 0.1) is 18.6 Å². The zero-order chi connectivity index (χ0) is 15.1. The number of benzene rings is 1. The summed E-state index contributed by atoms with van der Waals surface area (Å²) in [6.45, 7) is 1.61. The first kappa shape index (κ1) is 13.6. The minimum absolute atomic E-state index is 0.0961. The molecule has 0 unspecified atom stereocenters. The average molecular weight is 308 g/mol. The van der Waals surface area contributed by atoms with Crippen LogP contribution < -0.4 is 5.56 Å². The van der Waals surface area contributed by atoms with Gasteiger partial charge in [0.2, 0.25) is 0 Å². The number of halogens is 3. The van der Waals surface area contributed by atoms with Gasteiger partial charge >= 0.3 is 0 Å². The summed E-state index contributed by atoms with van der Waals surface area (Å²) in [5.74, 6) is -1.25. The first-order valence-electron chi connectivity index (χ1n) is 5.99. The normalized spacial score (nSPS) is 11.0. The Bertz CT molecular complexity index is 924. The molecule has 7 heteroatoms. The molecule has 3 rings (SSSR count). The maximum Gasteiger partial charge on any atom is 0.256 e. The minimum Gasteiger partial charge on any atom is -0.269 e. The molecule has 2 aromatic heterocycles. The number of aryl methyl sites for hydroxylation is 1. The molecule has 0 bridgehead atoms. The maximum atomic E-state index is 14.0. The van der Waals surface area contributed by atoms with E-state index in [-0.39, 0.29) is 16.5 Å². The summed E-state index contributed by atoms with van der Waals surface area (Å²) in [7, 11) is 0. The lowest BCUT2D eigenvalue weighted by atomic mass is 10.2. The summed E-state index contributed by atoms with van der Waals surface area (Å²) in [5, 5.41) is 0.569. The van der Waals surface area contributed by atoms with Crippen LogP contribution >= 0.6 is 11.6 Å². The zero-order valence-corrected chi connectivity index (χ0v) is 11.5. The molecule has 0 fully saturated rings. The SMILES string of the molecule is Cc1nc(Cl)c2ccc(=O)n(-c3ccc(F)cc3F)c2n1. The van der Waals surface area contributed by atoms with E-state index in [1.54, 1.807) is 6.92 Å². The van der Waals surface area contributed by atoms with Crippen LogP contribution in [0.4, 0.5) is 8.78 Å². The highest BCUT2D eigenvalue weighted by Crippen LogP contribution is 2.22. The monoisotopic (exact) mass is 307 g/mol. The Morgan fingerprint density at radius 1 is 1.14 bits per heavy atom. The summed E-state index contributed by atoms with van der Waals surface area (Å²) < 4.78 is 28.0. The van der Waals surface area contributed by atoms with Crippen LogP contribution in [0.3, 0.4) is 0 Å². The molecule has 0 amide bonds. The smallest absolute Gasteiger partial charge is 0.256 e. The highest BCUT2D eigenvalue weighted by Gasteiger charge is 2.14. The lowest BCUT2D eigenvalue weighted by Crippen LogP contribution is -2.20. The van der Waals surface area contributed by atoms with Gasteiger partial charge < -0.3 is 0 Å². The molecule has 106 valence electrons. The van der Waals surface area contributed by atoms with Crippen molar-refractivity contribution in [1.29, 1.82) is 0 Å². The van der Waals surface area contributed by atoms with Gasteiger partial charge in [-0.1, -0.05) is 11.6 Å². The Hall–Kier alpha value is -2.34. The summed E-state index contributed by atoms with van der Waals surface area (Å²) >= 11 is 6.02. The molecule has 0 saturated carbocycles. The third-order valence-electron chi connectivity index (χ3n) is 2.97. The molecular weight excluding hydrogens is 300 g/mol. The predicted octanol–water partition coefficient (Wildman–Crippen LogP) is 3.02. The van der Waals surface area contributed by atoms with E-state index in [4.69, 9.17) is 11.6 Å². The molecule has 0 aliphatic carbocycles. The molecule has 0 aliphatic heterocycles. The highest BCUT2D eigenvalue weighted by molar-refractivity contribution is 6.33. The summed E-state index contributed by atoms with van der Waals surface area (Å²) in [6, 6.07) is 5.65. The number of aromatic nitrogens is 3. The largest absolute Gasteiger partial charge is 0.269 e. The Morgan fingerprint density at radius 3 is 2.62 bits per heavy atom. The molecule has 1 aromatic carbocycles. The van der Waals surface area contributed by atoms with Gasteiger partial charge in [0.25, 0.3) is 5.56 Å². The molecule has 0 atom stereocenters. The fourth-order valence-corrected chi connectivity index (χ4v) is 2.35. The van der Waals surface area contributed by atoms with Gasteiger partial charge in [-0.25, -0.2) is 18.7 Å². The van der Waals surface area contributed by atoms with E-state index in [0.717, 1.165) is 10.6 Å². The number of rotatable bonds is 1. The van der Waals surface area contributed by atoms with E-state index in [1.165, 1.54) is 18.2 Å². The van der Waals surface area contributed by atoms with Crippen molar-refractivity contribution in [1.82, 2.24) is 14.5 Å². The fourth-order valence-electron chi connectivity index (χ4n) is 2.08. The van der Waals surface area contributed by atoms with Gasteiger partial charge in [-0.3, -0.25) is 9.36 Å². The van der Waals surface area contributed by atoms with Gasteiger partial charge in [-0.05, 0) is 25.1 Å². The zero-order valence-electron chi connectivity index (χ0n) is 10.8. The van der Waals surface area contributed by atoms with Crippen LogP contribution in [0.15, 0.2) is 35.1 Å². The molecular formula is C14H8ClF2N3O. The minimum atomic E-state index is -0.864. The summed E-state index contributed by atoms with van der Waals surface area (Å²) in [5.41, 5.74) is -0.422. The van der Waals surface area contributed by atoms with Gasteiger partial charge in [0.1, 0.15) is 22.6 Å². The molecule has 0 N–H and O–H groups in total. The molecule has 0 radical (unpaired) electrons. The van der Waals surface area contributed by atoms with Gasteiger partial charge in [0.05, 0.1) is 11.1 Å². The standard InChI is InChI=1S/C14H8ClF2N3O/c1-7-18-13(15)9-3-5-12(21)20(14(9)19-7)11-4-2-8(16)6-10(11)17/h2-6H,1H3. The van der Waals surface area contributed by atoms with Gasteiger partial charge in [-0.2, -0.15) is 0 Å². The third kappa shape index (κ3) is 2.27. The molecule has 0 aliphatic rings. The average Bonchev–Trinajstić information content (AvgIpc) is 2.39. The number of fused-ring (bicyclic) bond motifs is 1. The summed E-state index contributed by atoms with van der Waals surface area (Å²) in [4.78, 5) is 20.2. The van der Waals surface area contributed by atoms with E-state index in [0.29, 0.717) is 17.3 Å². The van der Waals surface area contributed by atoms with E-state index >= 15 is 0 Å². The Labute approximate surface area is 122 Å². The predicted molar refractivity (Wildman–Crippen MR) is 74.8 cm³/mol. The highest BCUT2D eigenvalue weighted by atomic mass is 35.5. The van der Waals surface area contributed by atoms with Crippen LogP contribution in [0.2, 0.25) is 5.15 Å². The van der Waals surface area contributed by atoms with Crippen molar-refractivity contribution >= 4 is 22.6 Å². The van der Waals surface area contributed by atoms with E-state index in [2.05, 4.69) is 9.97 Å². The van der Waals surface area contributed by atoms with Crippen LogP contribution in [-0.2, 0) is 0 Å². The molecule has 0 saturated heterocycles. The molecule has 2 heterocycles. The van der Waals surface area contributed by atoms with Crippen LogP contribution in [0.1, 0.15) is 5.82 Å². The van der Waals surface area contributed by atoms with Crippen LogP contribution in [0.5, 0.6) is 0 Å². The van der Waals surface area contributed by atoms with Crippen molar-refractivity contribution in [2.75, 3.05) is 0 Å². The topological polar surface area (TPSA) is 47.8 Å². The van der Waals surface area contributed by atoms with E-state index in [1.807, 2.05) is 0 Å². The van der Waals surface area contributed by atoms with Crippen LogP contribution in [-0.4, -0.2) is 14.5 Å². The second kappa shape index (κ2) is 4.89. The second-order valence-corrected chi connectivity index (χ2v) is 4.76. The van der Waals surface area contributed by atoms with Crippen molar-refractivity contribution in [3.05, 3.63) is 63.3 Å². The first-order valence-corrected chi connectivity index (χ1v) is 6.36. The quantitative estimate of drug-likeness (QED) is 0.649.